The number of quaternary nitrogens is 1. The molecule has 0 radical (unpaired) electrons. The zero-order chi connectivity index (χ0) is 13.6. The molecular weight excluding hydrogens is 256 g/mol. The van der Waals surface area contributed by atoms with E-state index in [-0.39, 0.29) is 31.2 Å². The Labute approximate surface area is 111 Å². The average Bonchev–Trinajstić information content (AvgIpc) is 2.75. The molecule has 2 unspecified atom stereocenters. The van der Waals surface area contributed by atoms with Gasteiger partial charge in [-0.15, -0.1) is 0 Å². The molecule has 2 atom stereocenters. The van der Waals surface area contributed by atoms with Crippen molar-refractivity contribution in [1.82, 2.24) is 0 Å². The van der Waals surface area contributed by atoms with E-state index in [0.29, 0.717) is 24.1 Å². The molecule has 0 aromatic heterocycles. The van der Waals surface area contributed by atoms with Gasteiger partial charge in [-0.1, -0.05) is 0 Å². The van der Waals surface area contributed by atoms with Gasteiger partial charge in [0.05, 0.1) is 32.5 Å². The largest absolute Gasteiger partial charge is 0.870 e. The van der Waals surface area contributed by atoms with Crippen LogP contribution in [-0.2, 0) is 14.3 Å². The van der Waals surface area contributed by atoms with Crippen LogP contribution in [-0.4, -0.2) is 70.9 Å². The summed E-state index contributed by atoms with van der Waals surface area (Å²) in [5.74, 6) is -1.76. The number of aliphatic carboxylic acids is 2. The van der Waals surface area contributed by atoms with Crippen LogP contribution in [0.3, 0.4) is 0 Å². The maximum atomic E-state index is 10.7. The number of carboxylic acids is 2. The molecule has 1 aliphatic heterocycles. The van der Waals surface area contributed by atoms with Crippen LogP contribution in [0.1, 0.15) is 19.8 Å². The lowest BCUT2D eigenvalue weighted by atomic mass is 10.3. The molecule has 0 aromatic carbocycles. The van der Waals surface area contributed by atoms with Crippen molar-refractivity contribution < 1.29 is 34.5 Å². The number of hydrogen-bond donors (Lipinski definition) is 2. The third-order valence-electron chi connectivity index (χ3n) is 3.10. The van der Waals surface area contributed by atoms with Gasteiger partial charge < -0.3 is 20.4 Å². The molecule has 8 nitrogen and oxygen atoms in total. The van der Waals surface area contributed by atoms with Gasteiger partial charge in [0.2, 0.25) is 0 Å². The Hall–Kier alpha value is -1.51. The highest BCUT2D eigenvalue weighted by Crippen LogP contribution is 2.17. The van der Waals surface area contributed by atoms with Crippen molar-refractivity contribution in [3.05, 3.63) is 0 Å². The summed E-state index contributed by atoms with van der Waals surface area (Å²) in [4.78, 5) is 25.2. The minimum absolute atomic E-state index is 0. The van der Waals surface area contributed by atoms with Crippen LogP contribution in [0, 0.1) is 0 Å². The highest BCUT2D eigenvalue weighted by Gasteiger charge is 2.36. The molecule has 0 aromatic rings. The van der Waals surface area contributed by atoms with Gasteiger partial charge in [-0.25, -0.2) is 4.99 Å². The lowest BCUT2D eigenvalue weighted by molar-refractivity contribution is -0.877. The van der Waals surface area contributed by atoms with Gasteiger partial charge in [-0.3, -0.25) is 14.1 Å². The number of nitrogens with zero attached hydrogens (tertiary/aromatic N) is 2. The summed E-state index contributed by atoms with van der Waals surface area (Å²) < 4.78 is 5.83. The van der Waals surface area contributed by atoms with Gasteiger partial charge in [0.1, 0.15) is 6.54 Å². The van der Waals surface area contributed by atoms with Gasteiger partial charge in [0.25, 0.3) is 0 Å². The topological polar surface area (TPSA) is 126 Å². The van der Waals surface area contributed by atoms with Crippen molar-refractivity contribution in [2.75, 3.05) is 26.2 Å². The second kappa shape index (κ2) is 7.82. The first-order valence-corrected chi connectivity index (χ1v) is 5.89. The van der Waals surface area contributed by atoms with Crippen LogP contribution in [0.15, 0.2) is 4.99 Å². The first kappa shape index (κ1) is 17.5. The third kappa shape index (κ3) is 5.33. The summed E-state index contributed by atoms with van der Waals surface area (Å²) in [6.07, 6.45) is 1.42. The Morgan fingerprint density at radius 2 is 2.00 bits per heavy atom. The van der Waals surface area contributed by atoms with E-state index in [1.54, 1.807) is 6.34 Å². The molecule has 0 bridgehead atoms. The Morgan fingerprint density at radius 3 is 2.47 bits per heavy atom. The molecule has 1 rings (SSSR count). The monoisotopic (exact) mass is 276 g/mol. The lowest BCUT2D eigenvalue weighted by Gasteiger charge is -2.35. The Bertz CT molecular complexity index is 346. The maximum absolute atomic E-state index is 10.7. The summed E-state index contributed by atoms with van der Waals surface area (Å²) in [5, 5.41) is 17.3. The van der Waals surface area contributed by atoms with Crippen LogP contribution >= 0.6 is 0 Å². The molecule has 0 aliphatic carbocycles. The van der Waals surface area contributed by atoms with E-state index in [1.165, 1.54) is 0 Å². The summed E-state index contributed by atoms with van der Waals surface area (Å²) in [6.45, 7) is 3.69. The lowest BCUT2D eigenvalue weighted by Crippen LogP contribution is -2.54. The molecule has 8 heteroatoms. The number of carboxylic acid groups (broad SMARTS) is 2. The van der Waals surface area contributed by atoms with E-state index in [9.17, 15) is 9.59 Å². The van der Waals surface area contributed by atoms with Gasteiger partial charge in [0.15, 0.2) is 12.6 Å². The molecule has 3 N–H and O–H groups in total. The quantitative estimate of drug-likeness (QED) is 0.600. The second-order valence-electron chi connectivity index (χ2n) is 4.33. The summed E-state index contributed by atoms with van der Waals surface area (Å²) in [7, 11) is 0. The molecule has 0 saturated heterocycles. The molecule has 1 aliphatic rings. The van der Waals surface area contributed by atoms with E-state index in [0.717, 1.165) is 0 Å². The minimum atomic E-state index is -0.908. The fourth-order valence-electron chi connectivity index (χ4n) is 1.92. The highest BCUT2D eigenvalue weighted by atomic mass is 16.5. The van der Waals surface area contributed by atoms with Crippen LogP contribution in [0.4, 0.5) is 0 Å². The van der Waals surface area contributed by atoms with E-state index >= 15 is 0 Å². The molecule has 0 saturated carbocycles. The van der Waals surface area contributed by atoms with Gasteiger partial charge >= 0.3 is 11.9 Å². The highest BCUT2D eigenvalue weighted by molar-refractivity contribution is 5.67. The van der Waals surface area contributed by atoms with E-state index in [4.69, 9.17) is 14.9 Å². The standard InChI is InChI=1S/C11H18N2O5.H2O/c1-9(18-7-3-11(16)17)13(5-2-10(14)15)6-4-12-8-13;/h8-9H,2-7H2,1H3,(H-,14,15,16,17);1H2. The molecule has 1 heterocycles. The normalized spacial score (nSPS) is 22.8. The number of ether oxygens (including phenoxy) is 1. The summed E-state index contributed by atoms with van der Waals surface area (Å²) in [5.41, 5.74) is 0. The van der Waals surface area contributed by atoms with Crippen LogP contribution in [0.2, 0.25) is 0 Å². The van der Waals surface area contributed by atoms with E-state index < -0.39 is 11.9 Å². The van der Waals surface area contributed by atoms with Crippen molar-refractivity contribution in [3.63, 3.8) is 0 Å². The molecule has 0 spiro atoms. The van der Waals surface area contributed by atoms with E-state index in [1.807, 2.05) is 6.92 Å². The number of hydrogen-bond acceptors (Lipinski definition) is 5. The van der Waals surface area contributed by atoms with Gasteiger partial charge in [-0.05, 0) is 0 Å². The molecule has 110 valence electrons. The number of rotatable bonds is 8. The Kier molecular flexibility index (Phi) is 7.20. The van der Waals surface area contributed by atoms with Crippen molar-refractivity contribution in [2.24, 2.45) is 4.99 Å². The number of carbonyl (C=O) groups is 2. The minimum Gasteiger partial charge on any atom is -0.870 e. The predicted molar refractivity (Wildman–Crippen MR) is 65.2 cm³/mol. The van der Waals surface area contributed by atoms with E-state index in [2.05, 4.69) is 4.99 Å². The SMILES string of the molecule is CC(OCCC(=O)O)[N+]1(CCC(=O)O)C=NCC1.[OH-]. The van der Waals surface area contributed by atoms with Crippen molar-refractivity contribution in [1.29, 1.82) is 0 Å². The third-order valence-corrected chi connectivity index (χ3v) is 3.10. The van der Waals surface area contributed by atoms with Crippen LogP contribution in [0.5, 0.6) is 0 Å². The van der Waals surface area contributed by atoms with Gasteiger partial charge in [-0.2, -0.15) is 0 Å². The molecular formula is C11H20N2O6. The van der Waals surface area contributed by atoms with Crippen molar-refractivity contribution >= 4 is 18.3 Å². The second-order valence-corrected chi connectivity index (χ2v) is 4.33. The smallest absolute Gasteiger partial charge is 0.309 e. The Balaban J connectivity index is 0.00000324. The summed E-state index contributed by atoms with van der Waals surface area (Å²) in [6, 6.07) is 0. The summed E-state index contributed by atoms with van der Waals surface area (Å²) >= 11 is 0. The first-order valence-electron chi connectivity index (χ1n) is 5.89. The van der Waals surface area contributed by atoms with Crippen molar-refractivity contribution in [3.8, 4) is 0 Å². The molecule has 0 fully saturated rings. The zero-order valence-corrected chi connectivity index (χ0v) is 10.9. The predicted octanol–water partition coefficient (Wildman–Crippen LogP) is -0.0197. The first-order chi connectivity index (χ1) is 8.46. The molecule has 19 heavy (non-hydrogen) atoms. The van der Waals surface area contributed by atoms with Crippen LogP contribution in [0.25, 0.3) is 0 Å². The van der Waals surface area contributed by atoms with Gasteiger partial charge in [0, 0.05) is 6.92 Å². The fourth-order valence-corrected chi connectivity index (χ4v) is 1.92. The number of aliphatic imine (C=N–C) groups is 1. The maximum Gasteiger partial charge on any atom is 0.309 e. The van der Waals surface area contributed by atoms with Crippen molar-refractivity contribution in [2.45, 2.75) is 26.0 Å². The zero-order valence-electron chi connectivity index (χ0n) is 10.9. The Morgan fingerprint density at radius 1 is 1.37 bits per heavy atom. The average molecular weight is 276 g/mol. The fraction of sp³-hybridized carbons (Fsp3) is 0.727. The molecule has 0 amide bonds. The van der Waals surface area contributed by atoms with Crippen LogP contribution < -0.4 is 0 Å².